The van der Waals surface area contributed by atoms with Gasteiger partial charge in [-0.15, -0.1) is 11.8 Å². The van der Waals surface area contributed by atoms with E-state index in [1.54, 1.807) is 11.8 Å². The van der Waals surface area contributed by atoms with Gasteiger partial charge in [0, 0.05) is 17.3 Å². The van der Waals surface area contributed by atoms with Crippen LogP contribution in [0.1, 0.15) is 12.5 Å². The van der Waals surface area contributed by atoms with Crippen LogP contribution in [-0.2, 0) is 11.2 Å². The molecule has 1 unspecified atom stereocenters. The number of hydrogen-bond donors (Lipinski definition) is 2. The van der Waals surface area contributed by atoms with E-state index >= 15 is 0 Å². The number of carbonyl (C=O) groups excluding carboxylic acids is 1. The fraction of sp³-hybridized carbons (Fsp3) is 0.417. The normalized spacial score (nSPS) is 19.7. The van der Waals surface area contributed by atoms with Gasteiger partial charge in [-0.25, -0.2) is 0 Å². The Morgan fingerprint density at radius 2 is 2.50 bits per heavy atom. The third-order valence-corrected chi connectivity index (χ3v) is 3.58. The van der Waals surface area contributed by atoms with Gasteiger partial charge < -0.3 is 5.32 Å². The molecule has 0 aliphatic carbocycles. The largest absolute Gasteiger partial charge is 0.325 e. The first-order chi connectivity index (χ1) is 7.79. The minimum Gasteiger partial charge on any atom is -0.325 e. The van der Waals surface area contributed by atoms with E-state index in [1.165, 1.54) is 5.56 Å². The molecular formula is C12H16N2OS. The number of carbonyl (C=O) groups is 1. The lowest BCUT2D eigenvalue weighted by Crippen LogP contribution is -2.37. The van der Waals surface area contributed by atoms with Gasteiger partial charge in [-0.2, -0.15) is 0 Å². The number of rotatable bonds is 3. The van der Waals surface area contributed by atoms with Crippen LogP contribution in [0.4, 0.5) is 5.69 Å². The fourth-order valence-electron chi connectivity index (χ4n) is 1.66. The van der Waals surface area contributed by atoms with E-state index in [2.05, 4.69) is 23.6 Å². The van der Waals surface area contributed by atoms with Gasteiger partial charge in [0.25, 0.3) is 0 Å². The first-order valence-electron chi connectivity index (χ1n) is 5.50. The number of benzene rings is 1. The Balaban J connectivity index is 1.99. The van der Waals surface area contributed by atoms with Gasteiger partial charge in [0.15, 0.2) is 0 Å². The summed E-state index contributed by atoms with van der Waals surface area (Å²) in [6.07, 6.45) is 0.987. The molecule has 1 heterocycles. The molecule has 1 fully saturated rings. The second-order valence-electron chi connectivity index (χ2n) is 3.82. The molecule has 2 rings (SSSR count). The molecule has 1 aliphatic heterocycles. The molecule has 0 bridgehead atoms. The highest BCUT2D eigenvalue weighted by Crippen LogP contribution is 2.14. The van der Waals surface area contributed by atoms with Crippen LogP contribution >= 0.6 is 11.8 Å². The van der Waals surface area contributed by atoms with Crippen LogP contribution in [0.2, 0.25) is 0 Å². The third-order valence-electron chi connectivity index (χ3n) is 2.64. The Labute approximate surface area is 100.0 Å². The predicted octanol–water partition coefficient (Wildman–Crippen LogP) is 1.85. The first-order valence-corrected chi connectivity index (χ1v) is 6.66. The van der Waals surface area contributed by atoms with Crippen molar-refractivity contribution in [2.75, 3.05) is 16.9 Å². The summed E-state index contributed by atoms with van der Waals surface area (Å²) in [7, 11) is 0. The van der Waals surface area contributed by atoms with Crippen molar-refractivity contribution in [2.45, 2.75) is 19.4 Å². The summed E-state index contributed by atoms with van der Waals surface area (Å²) in [6, 6.07) is 7.96. The smallest absolute Gasteiger partial charge is 0.242 e. The van der Waals surface area contributed by atoms with E-state index in [1.807, 2.05) is 18.2 Å². The standard InChI is InChI=1S/C12H16N2OS/c1-2-9-4-3-5-10(6-9)14-12(15)11-7-16-8-13-11/h3-6,11,13H,2,7-8H2,1H3,(H,14,15). The van der Waals surface area contributed by atoms with Crippen LogP contribution in [0.5, 0.6) is 0 Å². The second-order valence-corrected chi connectivity index (χ2v) is 4.85. The van der Waals surface area contributed by atoms with Crippen molar-refractivity contribution in [1.29, 1.82) is 0 Å². The Hall–Kier alpha value is -1.00. The topological polar surface area (TPSA) is 41.1 Å². The summed E-state index contributed by atoms with van der Waals surface area (Å²) < 4.78 is 0. The molecule has 3 nitrogen and oxygen atoms in total. The van der Waals surface area contributed by atoms with E-state index in [-0.39, 0.29) is 11.9 Å². The number of aryl methyl sites for hydroxylation is 1. The van der Waals surface area contributed by atoms with Gasteiger partial charge in [-0.05, 0) is 24.1 Å². The van der Waals surface area contributed by atoms with Gasteiger partial charge in [0.2, 0.25) is 5.91 Å². The molecule has 86 valence electrons. The maximum absolute atomic E-state index is 11.8. The molecule has 1 amide bonds. The van der Waals surface area contributed by atoms with Crippen LogP contribution in [0.3, 0.4) is 0 Å². The molecule has 1 aliphatic rings. The Morgan fingerprint density at radius 1 is 1.62 bits per heavy atom. The summed E-state index contributed by atoms with van der Waals surface area (Å²) in [5, 5.41) is 6.10. The maximum atomic E-state index is 11.8. The lowest BCUT2D eigenvalue weighted by atomic mass is 10.1. The highest BCUT2D eigenvalue weighted by molar-refractivity contribution is 7.99. The fourth-order valence-corrected chi connectivity index (χ4v) is 2.60. The summed E-state index contributed by atoms with van der Waals surface area (Å²) in [4.78, 5) is 11.8. The van der Waals surface area contributed by atoms with Crippen molar-refractivity contribution in [3.05, 3.63) is 29.8 Å². The third kappa shape index (κ3) is 2.77. The molecule has 0 spiro atoms. The molecule has 0 aromatic heterocycles. The molecule has 4 heteroatoms. The van der Waals surface area contributed by atoms with E-state index in [4.69, 9.17) is 0 Å². The number of thioether (sulfide) groups is 1. The van der Waals surface area contributed by atoms with E-state index in [9.17, 15) is 4.79 Å². The lowest BCUT2D eigenvalue weighted by molar-refractivity contribution is -0.117. The zero-order valence-corrected chi connectivity index (χ0v) is 10.1. The average molecular weight is 236 g/mol. The SMILES string of the molecule is CCc1cccc(NC(=O)C2CSCN2)c1. The van der Waals surface area contributed by atoms with Gasteiger partial charge >= 0.3 is 0 Å². The average Bonchev–Trinajstić information content (AvgIpc) is 2.83. The predicted molar refractivity (Wildman–Crippen MR) is 68.7 cm³/mol. The zero-order valence-electron chi connectivity index (χ0n) is 9.32. The van der Waals surface area contributed by atoms with Crippen molar-refractivity contribution in [2.24, 2.45) is 0 Å². The van der Waals surface area contributed by atoms with Gasteiger partial charge in [0.05, 0.1) is 6.04 Å². The van der Waals surface area contributed by atoms with Crippen LogP contribution in [0, 0.1) is 0 Å². The zero-order chi connectivity index (χ0) is 11.4. The molecule has 1 aromatic rings. The van der Waals surface area contributed by atoms with Crippen molar-refractivity contribution < 1.29 is 4.79 Å². The van der Waals surface area contributed by atoms with Gasteiger partial charge in [0.1, 0.15) is 0 Å². The molecule has 1 atom stereocenters. The molecule has 1 aromatic carbocycles. The number of nitrogens with one attached hydrogen (secondary N) is 2. The monoisotopic (exact) mass is 236 g/mol. The maximum Gasteiger partial charge on any atom is 0.242 e. The summed E-state index contributed by atoms with van der Waals surface area (Å²) >= 11 is 1.76. The van der Waals surface area contributed by atoms with Crippen molar-refractivity contribution >= 4 is 23.4 Å². The van der Waals surface area contributed by atoms with E-state index in [0.717, 1.165) is 23.7 Å². The van der Waals surface area contributed by atoms with E-state index in [0.29, 0.717) is 0 Å². The number of hydrogen-bond acceptors (Lipinski definition) is 3. The van der Waals surface area contributed by atoms with E-state index < -0.39 is 0 Å². The quantitative estimate of drug-likeness (QED) is 0.841. The van der Waals surface area contributed by atoms with Crippen LogP contribution < -0.4 is 10.6 Å². The second kappa shape index (κ2) is 5.37. The summed E-state index contributed by atoms with van der Waals surface area (Å²) in [5.74, 6) is 1.80. The van der Waals surface area contributed by atoms with Gasteiger partial charge in [-0.3, -0.25) is 10.1 Å². The Morgan fingerprint density at radius 3 is 3.19 bits per heavy atom. The highest BCUT2D eigenvalue weighted by atomic mass is 32.2. The molecule has 16 heavy (non-hydrogen) atoms. The van der Waals surface area contributed by atoms with Crippen LogP contribution in [-0.4, -0.2) is 23.6 Å². The molecule has 1 saturated heterocycles. The molecular weight excluding hydrogens is 220 g/mol. The van der Waals surface area contributed by atoms with Crippen LogP contribution in [0.25, 0.3) is 0 Å². The van der Waals surface area contributed by atoms with Gasteiger partial charge in [-0.1, -0.05) is 19.1 Å². The van der Waals surface area contributed by atoms with Crippen molar-refractivity contribution in [1.82, 2.24) is 5.32 Å². The Kier molecular flexibility index (Phi) is 3.85. The van der Waals surface area contributed by atoms with Crippen molar-refractivity contribution in [3.63, 3.8) is 0 Å². The molecule has 0 saturated carbocycles. The number of amides is 1. The molecule has 0 radical (unpaired) electrons. The summed E-state index contributed by atoms with van der Waals surface area (Å²) in [6.45, 7) is 2.11. The lowest BCUT2D eigenvalue weighted by Gasteiger charge is -2.11. The minimum atomic E-state index is -0.0460. The Bertz CT molecular complexity index is 375. The summed E-state index contributed by atoms with van der Waals surface area (Å²) in [5.41, 5.74) is 2.13. The molecule has 2 N–H and O–H groups in total. The number of anilines is 1. The highest BCUT2D eigenvalue weighted by Gasteiger charge is 2.22. The first kappa shape index (κ1) is 11.5. The van der Waals surface area contributed by atoms with Crippen molar-refractivity contribution in [3.8, 4) is 0 Å². The van der Waals surface area contributed by atoms with Crippen LogP contribution in [0.15, 0.2) is 24.3 Å². The minimum absolute atomic E-state index is 0.0460.